The maximum Gasteiger partial charge on any atom is 0.416 e. The van der Waals surface area contributed by atoms with Crippen molar-refractivity contribution in [2.45, 2.75) is 19.1 Å². The van der Waals surface area contributed by atoms with E-state index in [0.29, 0.717) is 6.07 Å². The number of alkyl halides is 3. The highest BCUT2D eigenvalue weighted by atomic mass is 19.4. The van der Waals surface area contributed by atoms with Crippen LogP contribution in [-0.4, -0.2) is 28.8 Å². The molecule has 18 heavy (non-hydrogen) atoms. The first-order valence-electron chi connectivity index (χ1n) is 5.07. The molecule has 0 aliphatic heterocycles. The van der Waals surface area contributed by atoms with Crippen LogP contribution in [0, 0.1) is 0 Å². The van der Waals surface area contributed by atoms with Crippen LogP contribution in [-0.2, 0) is 6.18 Å². The summed E-state index contributed by atoms with van der Waals surface area (Å²) in [6.07, 6.45) is -4.59. The van der Waals surface area contributed by atoms with Crippen LogP contribution in [0.4, 0.5) is 18.9 Å². The Morgan fingerprint density at radius 2 is 2.06 bits per heavy atom. The third-order valence-corrected chi connectivity index (χ3v) is 2.25. The van der Waals surface area contributed by atoms with Crippen molar-refractivity contribution < 1.29 is 28.2 Å². The first kappa shape index (κ1) is 14.3. The van der Waals surface area contributed by atoms with Crippen molar-refractivity contribution >= 4 is 11.7 Å². The van der Waals surface area contributed by atoms with E-state index in [1.54, 1.807) is 6.92 Å². The molecule has 4 nitrogen and oxygen atoms in total. The monoisotopic (exact) mass is 263 g/mol. The van der Waals surface area contributed by atoms with Gasteiger partial charge in [-0.25, -0.2) is 4.79 Å². The van der Waals surface area contributed by atoms with E-state index >= 15 is 0 Å². The van der Waals surface area contributed by atoms with Crippen LogP contribution in [0.1, 0.15) is 22.8 Å². The van der Waals surface area contributed by atoms with E-state index < -0.39 is 29.3 Å². The molecule has 0 saturated heterocycles. The van der Waals surface area contributed by atoms with Gasteiger partial charge in [0.05, 0.1) is 17.7 Å². The Kier molecular flexibility index (Phi) is 4.18. The summed E-state index contributed by atoms with van der Waals surface area (Å²) in [6.45, 7) is 1.31. The third kappa shape index (κ3) is 3.36. The Balaban J connectivity index is 3.17. The maximum atomic E-state index is 12.4. The molecule has 0 aromatic heterocycles. The van der Waals surface area contributed by atoms with Gasteiger partial charge in [0.1, 0.15) is 0 Å². The lowest BCUT2D eigenvalue weighted by molar-refractivity contribution is -0.137. The van der Waals surface area contributed by atoms with Crippen LogP contribution in [0.15, 0.2) is 18.2 Å². The lowest BCUT2D eigenvalue weighted by atomic mass is 10.1. The normalized spacial score (nSPS) is 13.2. The smallest absolute Gasteiger partial charge is 0.416 e. The van der Waals surface area contributed by atoms with Crippen LogP contribution in [0.2, 0.25) is 0 Å². The van der Waals surface area contributed by atoms with Crippen LogP contribution >= 0.6 is 0 Å². The van der Waals surface area contributed by atoms with Crippen molar-refractivity contribution in [2.24, 2.45) is 0 Å². The van der Waals surface area contributed by atoms with Crippen molar-refractivity contribution in [3.63, 3.8) is 0 Å². The highest BCUT2D eigenvalue weighted by molar-refractivity contribution is 5.94. The standard InChI is InChI=1S/C11H12F3NO3/c1-6(5-16)15-9-3-2-7(11(12,13)14)4-8(9)10(17)18/h2-4,6,15-16H,5H2,1H3,(H,17,18). The Bertz CT molecular complexity index is 446. The zero-order valence-electron chi connectivity index (χ0n) is 9.45. The van der Waals surface area contributed by atoms with Gasteiger partial charge in [0.2, 0.25) is 0 Å². The molecule has 100 valence electrons. The minimum absolute atomic E-state index is 0.0389. The molecule has 0 aliphatic carbocycles. The summed E-state index contributed by atoms with van der Waals surface area (Å²) in [6, 6.07) is 1.94. The molecule has 0 saturated carbocycles. The SMILES string of the molecule is CC(CO)Nc1ccc(C(F)(F)F)cc1C(=O)O. The fraction of sp³-hybridized carbons (Fsp3) is 0.364. The van der Waals surface area contributed by atoms with Gasteiger partial charge < -0.3 is 15.5 Å². The molecule has 0 radical (unpaired) electrons. The van der Waals surface area contributed by atoms with Gasteiger partial charge in [-0.3, -0.25) is 0 Å². The largest absolute Gasteiger partial charge is 0.478 e. The molecule has 0 aliphatic rings. The van der Waals surface area contributed by atoms with Gasteiger partial charge in [0.25, 0.3) is 0 Å². The van der Waals surface area contributed by atoms with E-state index in [1.807, 2.05) is 0 Å². The average molecular weight is 263 g/mol. The highest BCUT2D eigenvalue weighted by Gasteiger charge is 2.31. The summed E-state index contributed by atoms with van der Waals surface area (Å²) in [7, 11) is 0. The zero-order chi connectivity index (χ0) is 13.9. The molecular weight excluding hydrogens is 251 g/mol. The van der Waals surface area contributed by atoms with E-state index in [1.165, 1.54) is 0 Å². The summed E-state index contributed by atoms with van der Waals surface area (Å²) in [4.78, 5) is 10.9. The van der Waals surface area contributed by atoms with Crippen LogP contribution in [0.3, 0.4) is 0 Å². The van der Waals surface area contributed by atoms with Crippen LogP contribution < -0.4 is 5.32 Å². The number of hydrogen-bond donors (Lipinski definition) is 3. The molecule has 0 spiro atoms. The fourth-order valence-electron chi connectivity index (χ4n) is 1.33. The minimum atomic E-state index is -4.59. The molecule has 1 aromatic carbocycles. The molecule has 0 fully saturated rings. The number of nitrogens with one attached hydrogen (secondary N) is 1. The summed E-state index contributed by atoms with van der Waals surface area (Å²) in [5, 5.41) is 20.3. The lowest BCUT2D eigenvalue weighted by Crippen LogP contribution is -2.21. The van der Waals surface area contributed by atoms with E-state index in [4.69, 9.17) is 10.2 Å². The number of anilines is 1. The molecule has 1 unspecified atom stereocenters. The molecule has 1 rings (SSSR count). The van der Waals surface area contributed by atoms with Crippen LogP contribution in [0.25, 0.3) is 0 Å². The number of aliphatic hydroxyl groups excluding tert-OH is 1. The topological polar surface area (TPSA) is 69.6 Å². The summed E-state index contributed by atoms with van der Waals surface area (Å²) < 4.78 is 37.3. The predicted molar refractivity (Wildman–Crippen MR) is 58.6 cm³/mol. The number of aliphatic hydroxyl groups is 1. The number of aromatic carboxylic acids is 1. The molecule has 7 heteroatoms. The molecule has 0 amide bonds. The first-order valence-corrected chi connectivity index (χ1v) is 5.07. The lowest BCUT2D eigenvalue weighted by Gasteiger charge is -2.16. The van der Waals surface area contributed by atoms with Crippen molar-refractivity contribution in [1.82, 2.24) is 0 Å². The molecule has 0 heterocycles. The van der Waals surface area contributed by atoms with Crippen molar-refractivity contribution in [3.8, 4) is 0 Å². The second kappa shape index (κ2) is 5.26. The number of carboxylic acids is 1. The molecule has 1 aromatic rings. The molecule has 0 bridgehead atoms. The number of halogens is 3. The number of hydrogen-bond acceptors (Lipinski definition) is 3. The number of benzene rings is 1. The van der Waals surface area contributed by atoms with E-state index in [-0.39, 0.29) is 12.3 Å². The second-order valence-corrected chi connectivity index (χ2v) is 3.79. The zero-order valence-corrected chi connectivity index (χ0v) is 9.45. The molecule has 1 atom stereocenters. The Morgan fingerprint density at radius 3 is 2.50 bits per heavy atom. The summed E-state index contributed by atoms with van der Waals surface area (Å²) in [5.41, 5.74) is -1.47. The summed E-state index contributed by atoms with van der Waals surface area (Å²) >= 11 is 0. The van der Waals surface area contributed by atoms with Crippen molar-refractivity contribution in [1.29, 1.82) is 0 Å². The average Bonchev–Trinajstić information content (AvgIpc) is 2.27. The quantitative estimate of drug-likeness (QED) is 0.778. The number of rotatable bonds is 4. The Hall–Kier alpha value is -1.76. The van der Waals surface area contributed by atoms with Crippen LogP contribution in [0.5, 0.6) is 0 Å². The Labute approximate surface area is 101 Å². The van der Waals surface area contributed by atoms with Gasteiger partial charge in [-0.15, -0.1) is 0 Å². The summed E-state index contributed by atoms with van der Waals surface area (Å²) in [5.74, 6) is -1.46. The number of carbonyl (C=O) groups is 1. The van der Waals surface area contributed by atoms with Gasteiger partial charge in [-0.1, -0.05) is 0 Å². The van der Waals surface area contributed by atoms with Crippen molar-refractivity contribution in [3.05, 3.63) is 29.3 Å². The maximum absolute atomic E-state index is 12.4. The number of carboxylic acid groups (broad SMARTS) is 1. The van der Waals surface area contributed by atoms with E-state index in [2.05, 4.69) is 5.32 Å². The van der Waals surface area contributed by atoms with E-state index in [0.717, 1.165) is 12.1 Å². The fourth-order valence-corrected chi connectivity index (χ4v) is 1.33. The predicted octanol–water partition coefficient (Wildman–Crippen LogP) is 2.20. The van der Waals surface area contributed by atoms with Gasteiger partial charge >= 0.3 is 12.1 Å². The van der Waals surface area contributed by atoms with Crippen molar-refractivity contribution in [2.75, 3.05) is 11.9 Å². The third-order valence-electron chi connectivity index (χ3n) is 2.25. The van der Waals surface area contributed by atoms with Gasteiger partial charge in [-0.2, -0.15) is 13.2 Å². The van der Waals surface area contributed by atoms with Gasteiger partial charge in [-0.05, 0) is 25.1 Å². The van der Waals surface area contributed by atoms with Gasteiger partial charge in [0.15, 0.2) is 0 Å². The van der Waals surface area contributed by atoms with E-state index in [9.17, 15) is 18.0 Å². The molecular formula is C11H12F3NO3. The first-order chi connectivity index (χ1) is 8.25. The molecule has 3 N–H and O–H groups in total. The minimum Gasteiger partial charge on any atom is -0.478 e. The van der Waals surface area contributed by atoms with Gasteiger partial charge in [0, 0.05) is 11.7 Å². The Morgan fingerprint density at radius 1 is 1.44 bits per heavy atom. The highest BCUT2D eigenvalue weighted by Crippen LogP contribution is 2.32. The second-order valence-electron chi connectivity index (χ2n) is 3.79.